The molecule has 28 heavy (non-hydrogen) atoms. The third kappa shape index (κ3) is 7.10. The molecule has 2 aromatic carbocycles. The molecular weight excluding hydrogens is 469 g/mol. The molecule has 2 aromatic rings. The fraction of sp³-hybridized carbons (Fsp3) is 0.381. The number of guanidine groups is 1. The Kier molecular flexibility index (Phi) is 10.5. The second-order valence-electron chi connectivity index (χ2n) is 6.19. The summed E-state index contributed by atoms with van der Waals surface area (Å²) in [5.74, 6) is 2.67. The van der Waals surface area contributed by atoms with Crippen molar-refractivity contribution in [1.29, 1.82) is 0 Å². The van der Waals surface area contributed by atoms with Gasteiger partial charge in [-0.15, -0.1) is 24.0 Å². The first-order chi connectivity index (χ1) is 13.1. The summed E-state index contributed by atoms with van der Waals surface area (Å²) in [5.41, 5.74) is 2.12. The van der Waals surface area contributed by atoms with Crippen LogP contribution in [0, 0.1) is 0 Å². The molecule has 0 aliphatic carbocycles. The first-order valence-electron chi connectivity index (χ1n) is 9.05. The van der Waals surface area contributed by atoms with Gasteiger partial charge in [0.05, 0.1) is 14.2 Å². The number of rotatable bonds is 8. The van der Waals surface area contributed by atoms with Gasteiger partial charge in [0.1, 0.15) is 17.2 Å². The van der Waals surface area contributed by atoms with E-state index in [2.05, 4.69) is 10.2 Å². The normalized spacial score (nSPS) is 10.8. The molecular formula is C21H30IN3O3. The van der Waals surface area contributed by atoms with E-state index in [9.17, 15) is 5.11 Å². The van der Waals surface area contributed by atoms with Gasteiger partial charge in [0.15, 0.2) is 5.96 Å². The fourth-order valence-electron chi connectivity index (χ4n) is 2.79. The van der Waals surface area contributed by atoms with Crippen molar-refractivity contribution in [2.24, 2.45) is 4.99 Å². The molecule has 0 atom stereocenters. The van der Waals surface area contributed by atoms with E-state index in [0.717, 1.165) is 41.6 Å². The van der Waals surface area contributed by atoms with Crippen LogP contribution in [0.25, 0.3) is 0 Å². The second kappa shape index (κ2) is 12.3. The smallest absolute Gasteiger partial charge is 0.193 e. The Morgan fingerprint density at radius 3 is 2.57 bits per heavy atom. The zero-order chi connectivity index (χ0) is 19.6. The number of halogens is 1. The van der Waals surface area contributed by atoms with Crippen LogP contribution in [0.2, 0.25) is 0 Å². The third-order valence-electron chi connectivity index (χ3n) is 4.17. The minimum absolute atomic E-state index is 0. The van der Waals surface area contributed by atoms with Gasteiger partial charge in [-0.25, -0.2) is 0 Å². The summed E-state index contributed by atoms with van der Waals surface area (Å²) < 4.78 is 10.7. The molecule has 0 aliphatic heterocycles. The zero-order valence-electron chi connectivity index (χ0n) is 16.9. The van der Waals surface area contributed by atoms with Gasteiger partial charge in [-0.3, -0.25) is 4.99 Å². The van der Waals surface area contributed by atoms with E-state index in [-0.39, 0.29) is 29.7 Å². The quantitative estimate of drug-likeness (QED) is 0.330. The molecule has 0 radical (unpaired) electrons. The van der Waals surface area contributed by atoms with Crippen LogP contribution in [0.5, 0.6) is 17.2 Å². The zero-order valence-corrected chi connectivity index (χ0v) is 19.3. The fourth-order valence-corrected chi connectivity index (χ4v) is 2.79. The number of hydrogen-bond acceptors (Lipinski definition) is 4. The maximum Gasteiger partial charge on any atom is 0.193 e. The van der Waals surface area contributed by atoms with Gasteiger partial charge in [0.25, 0.3) is 0 Å². The van der Waals surface area contributed by atoms with E-state index >= 15 is 0 Å². The monoisotopic (exact) mass is 499 g/mol. The van der Waals surface area contributed by atoms with Crippen molar-refractivity contribution in [3.05, 3.63) is 53.6 Å². The van der Waals surface area contributed by atoms with Crippen LogP contribution in [-0.4, -0.2) is 50.3 Å². The molecule has 0 fully saturated rings. The first kappa shape index (κ1) is 23.9. The molecule has 0 amide bonds. The predicted molar refractivity (Wildman–Crippen MR) is 124 cm³/mol. The van der Waals surface area contributed by atoms with Crippen molar-refractivity contribution in [1.82, 2.24) is 10.2 Å². The Bertz CT molecular complexity index is 768. The molecule has 0 heterocycles. The van der Waals surface area contributed by atoms with Gasteiger partial charge in [0, 0.05) is 38.3 Å². The minimum atomic E-state index is 0. The number of aromatic hydroxyl groups is 1. The van der Waals surface area contributed by atoms with E-state index in [1.54, 1.807) is 26.4 Å². The van der Waals surface area contributed by atoms with Crippen molar-refractivity contribution >= 4 is 29.9 Å². The van der Waals surface area contributed by atoms with Crippen LogP contribution >= 0.6 is 24.0 Å². The van der Waals surface area contributed by atoms with Crippen LogP contribution in [-0.2, 0) is 13.0 Å². The SMILES string of the molecule is CCNC(=NCCc1cccc(O)c1)N(C)Cc1ccc(OC)cc1OC.I. The van der Waals surface area contributed by atoms with Crippen molar-refractivity contribution in [2.75, 3.05) is 34.4 Å². The number of nitrogens with zero attached hydrogens (tertiary/aromatic N) is 2. The van der Waals surface area contributed by atoms with Crippen LogP contribution in [0.1, 0.15) is 18.1 Å². The predicted octanol–water partition coefficient (Wildman–Crippen LogP) is 3.67. The highest BCUT2D eigenvalue weighted by atomic mass is 127. The lowest BCUT2D eigenvalue weighted by Gasteiger charge is -2.23. The number of phenols is 1. The number of hydrogen-bond donors (Lipinski definition) is 2. The summed E-state index contributed by atoms with van der Waals surface area (Å²) in [5, 5.41) is 12.9. The summed E-state index contributed by atoms with van der Waals surface area (Å²) in [7, 11) is 5.30. The van der Waals surface area contributed by atoms with Crippen molar-refractivity contribution in [2.45, 2.75) is 19.9 Å². The van der Waals surface area contributed by atoms with E-state index in [0.29, 0.717) is 13.1 Å². The highest BCUT2D eigenvalue weighted by Gasteiger charge is 2.11. The summed E-state index contributed by atoms with van der Waals surface area (Å²) >= 11 is 0. The highest BCUT2D eigenvalue weighted by Crippen LogP contribution is 2.25. The standard InChI is InChI=1S/C21H29N3O3.HI/c1-5-22-21(23-12-11-16-7-6-8-18(25)13-16)24(2)15-17-9-10-19(26-3)14-20(17)27-4;/h6-10,13-14,25H,5,11-12,15H2,1-4H3,(H,22,23);1H. The Balaban J connectivity index is 0.00000392. The molecule has 0 unspecified atom stereocenters. The molecule has 2 N–H and O–H groups in total. The third-order valence-corrected chi connectivity index (χ3v) is 4.17. The molecule has 0 saturated carbocycles. The summed E-state index contributed by atoms with van der Waals surface area (Å²) in [6.07, 6.45) is 0.767. The largest absolute Gasteiger partial charge is 0.508 e. The molecule has 0 bridgehead atoms. The number of ether oxygens (including phenoxy) is 2. The van der Waals surface area contributed by atoms with E-state index in [1.807, 2.05) is 44.3 Å². The lowest BCUT2D eigenvalue weighted by atomic mass is 10.1. The number of aliphatic imine (C=N–C) groups is 1. The Hall–Kier alpha value is -2.16. The Labute approximate surface area is 184 Å². The maximum absolute atomic E-state index is 9.57. The second-order valence-corrected chi connectivity index (χ2v) is 6.19. The lowest BCUT2D eigenvalue weighted by Crippen LogP contribution is -2.38. The van der Waals surface area contributed by atoms with Gasteiger partial charge < -0.3 is 24.8 Å². The van der Waals surface area contributed by atoms with Crippen molar-refractivity contribution in [3.8, 4) is 17.2 Å². The summed E-state index contributed by atoms with van der Waals surface area (Å²) in [6.45, 7) is 4.13. The maximum atomic E-state index is 9.57. The highest BCUT2D eigenvalue weighted by molar-refractivity contribution is 14.0. The van der Waals surface area contributed by atoms with Crippen LogP contribution in [0.15, 0.2) is 47.5 Å². The average molecular weight is 499 g/mol. The number of phenolic OH excluding ortho intramolecular Hbond substituents is 1. The van der Waals surface area contributed by atoms with Gasteiger partial charge in [-0.1, -0.05) is 12.1 Å². The van der Waals surface area contributed by atoms with Gasteiger partial charge in [-0.05, 0) is 43.2 Å². The molecule has 154 valence electrons. The van der Waals surface area contributed by atoms with Crippen LogP contribution < -0.4 is 14.8 Å². The van der Waals surface area contributed by atoms with Gasteiger partial charge >= 0.3 is 0 Å². The van der Waals surface area contributed by atoms with Crippen LogP contribution in [0.4, 0.5) is 0 Å². The topological polar surface area (TPSA) is 66.3 Å². The lowest BCUT2D eigenvalue weighted by molar-refractivity contribution is 0.382. The van der Waals surface area contributed by atoms with E-state index < -0.39 is 0 Å². The molecule has 0 aliphatic rings. The molecule has 2 rings (SSSR count). The van der Waals surface area contributed by atoms with Gasteiger partial charge in [0.2, 0.25) is 0 Å². The van der Waals surface area contributed by atoms with Crippen molar-refractivity contribution < 1.29 is 14.6 Å². The number of nitrogens with one attached hydrogen (secondary N) is 1. The van der Waals surface area contributed by atoms with Crippen molar-refractivity contribution in [3.63, 3.8) is 0 Å². The number of methoxy groups -OCH3 is 2. The van der Waals surface area contributed by atoms with E-state index in [1.165, 1.54) is 0 Å². The van der Waals surface area contributed by atoms with E-state index in [4.69, 9.17) is 14.5 Å². The Morgan fingerprint density at radius 1 is 1.14 bits per heavy atom. The molecule has 0 spiro atoms. The molecule has 6 nitrogen and oxygen atoms in total. The first-order valence-corrected chi connectivity index (χ1v) is 9.05. The average Bonchev–Trinajstić information content (AvgIpc) is 2.67. The molecule has 0 saturated heterocycles. The number of benzene rings is 2. The van der Waals surface area contributed by atoms with Crippen LogP contribution in [0.3, 0.4) is 0 Å². The summed E-state index contributed by atoms with van der Waals surface area (Å²) in [6, 6.07) is 13.1. The Morgan fingerprint density at radius 2 is 1.93 bits per heavy atom. The van der Waals surface area contributed by atoms with Gasteiger partial charge in [-0.2, -0.15) is 0 Å². The molecule has 0 aromatic heterocycles. The minimum Gasteiger partial charge on any atom is -0.508 e. The summed E-state index contributed by atoms with van der Waals surface area (Å²) in [4.78, 5) is 6.77. The molecule has 7 heteroatoms.